The fourth-order valence-electron chi connectivity index (χ4n) is 4.80. The van der Waals surface area contributed by atoms with Gasteiger partial charge in [-0.2, -0.15) is 0 Å². The minimum Gasteiger partial charge on any atom is -0.461 e. The van der Waals surface area contributed by atoms with Crippen molar-refractivity contribution in [2.24, 2.45) is 0 Å². The second-order valence-electron chi connectivity index (χ2n) is 10.2. The zero-order chi connectivity index (χ0) is 32.0. The summed E-state index contributed by atoms with van der Waals surface area (Å²) in [6.45, 7) is 0. The van der Waals surface area contributed by atoms with Gasteiger partial charge in [-0.3, -0.25) is 14.2 Å². The van der Waals surface area contributed by atoms with Crippen molar-refractivity contribution >= 4 is 45.9 Å². The average Bonchev–Trinajstić information content (AvgIpc) is 3.79. The number of thioether (sulfide) groups is 1. The number of ether oxygens (including phenoxy) is 1. The van der Waals surface area contributed by atoms with Gasteiger partial charge in [-0.15, -0.1) is 10.2 Å². The van der Waals surface area contributed by atoms with Crippen LogP contribution >= 0.6 is 11.8 Å². The van der Waals surface area contributed by atoms with E-state index in [-0.39, 0.29) is 17.6 Å². The highest BCUT2D eigenvalue weighted by Crippen LogP contribution is 2.30. The Labute approximate surface area is 272 Å². The Kier molecular flexibility index (Phi) is 8.38. The molecule has 0 saturated heterocycles. The lowest BCUT2D eigenvalue weighted by molar-refractivity contribution is -0.113. The van der Waals surface area contributed by atoms with Gasteiger partial charge in [0.1, 0.15) is 12.1 Å². The Morgan fingerprint density at radius 3 is 2.40 bits per heavy atom. The molecule has 0 bridgehead atoms. The highest BCUT2D eigenvalue weighted by molar-refractivity contribution is 7.99. The topological polar surface area (TPSA) is 137 Å². The van der Waals surface area contributed by atoms with E-state index < -0.39 is 0 Å². The van der Waals surface area contributed by atoms with Crippen molar-refractivity contribution in [2.75, 3.05) is 16.4 Å². The number of carbonyl (C=O) groups excluding carboxylic acids is 2. The van der Waals surface area contributed by atoms with E-state index in [1.54, 1.807) is 60.9 Å². The second kappa shape index (κ2) is 13.4. The number of nitrogens with one attached hydrogen (secondary N) is 2. The number of para-hydroxylation sites is 2. The van der Waals surface area contributed by atoms with Crippen molar-refractivity contribution in [3.63, 3.8) is 0 Å². The van der Waals surface area contributed by atoms with E-state index in [0.29, 0.717) is 56.2 Å². The normalized spacial score (nSPS) is 10.9. The molecule has 0 aliphatic heterocycles. The van der Waals surface area contributed by atoms with Crippen LogP contribution < -0.4 is 15.4 Å². The molecule has 4 aromatic carbocycles. The molecular weight excluding hydrogens is 614 g/mol. The smallest absolute Gasteiger partial charge is 0.255 e. The van der Waals surface area contributed by atoms with Crippen molar-refractivity contribution in [1.29, 1.82) is 0 Å². The van der Waals surface area contributed by atoms with E-state index in [0.717, 1.165) is 5.69 Å². The first-order chi connectivity index (χ1) is 23.1. The summed E-state index contributed by atoms with van der Waals surface area (Å²) in [7, 11) is 0. The third-order valence-corrected chi connectivity index (χ3v) is 7.87. The van der Waals surface area contributed by atoms with E-state index in [2.05, 4.69) is 30.8 Å². The molecule has 47 heavy (non-hydrogen) atoms. The molecule has 0 radical (unpaired) electrons. The maximum absolute atomic E-state index is 13.2. The fourth-order valence-corrected chi connectivity index (χ4v) is 5.55. The number of aromatic nitrogens is 5. The third-order valence-electron chi connectivity index (χ3n) is 6.95. The highest BCUT2D eigenvalue weighted by atomic mass is 32.2. The van der Waals surface area contributed by atoms with Crippen molar-refractivity contribution in [2.45, 2.75) is 5.16 Å². The quantitative estimate of drug-likeness (QED) is 0.148. The van der Waals surface area contributed by atoms with Gasteiger partial charge in [0.2, 0.25) is 17.6 Å². The summed E-state index contributed by atoms with van der Waals surface area (Å²) < 4.78 is 13.3. The molecule has 0 unspecified atom stereocenters. The lowest BCUT2D eigenvalue weighted by Gasteiger charge is -2.11. The van der Waals surface area contributed by atoms with Crippen LogP contribution in [0.1, 0.15) is 10.4 Å². The molecule has 0 aliphatic rings. The predicted octanol–water partition coefficient (Wildman–Crippen LogP) is 7.25. The summed E-state index contributed by atoms with van der Waals surface area (Å²) in [5.74, 6) is 1.62. The first-order valence-corrected chi connectivity index (χ1v) is 15.5. The van der Waals surface area contributed by atoms with E-state index in [1.165, 1.54) is 18.1 Å². The van der Waals surface area contributed by atoms with Gasteiger partial charge in [-0.1, -0.05) is 54.2 Å². The van der Waals surface area contributed by atoms with Crippen LogP contribution in [-0.2, 0) is 4.79 Å². The Morgan fingerprint density at radius 1 is 0.787 bits per heavy atom. The van der Waals surface area contributed by atoms with Crippen LogP contribution in [0.2, 0.25) is 0 Å². The van der Waals surface area contributed by atoms with Crippen LogP contribution in [-0.4, -0.2) is 42.3 Å². The number of hydrogen-bond donors (Lipinski definition) is 2. The Hall–Kier alpha value is -6.27. The van der Waals surface area contributed by atoms with Crippen LogP contribution in [0, 0.1) is 0 Å². The Bertz CT molecular complexity index is 2170. The molecule has 2 amide bonds. The summed E-state index contributed by atoms with van der Waals surface area (Å²) in [5.41, 5.74) is 2.86. The van der Waals surface area contributed by atoms with E-state index in [9.17, 15) is 9.59 Å². The van der Waals surface area contributed by atoms with Crippen LogP contribution in [0.4, 0.5) is 11.4 Å². The van der Waals surface area contributed by atoms with Gasteiger partial charge in [-0.05, 0) is 72.8 Å². The lowest BCUT2D eigenvalue weighted by Crippen LogP contribution is -2.16. The van der Waals surface area contributed by atoms with Crippen molar-refractivity contribution in [3.8, 4) is 28.9 Å². The Balaban J connectivity index is 1.01. The molecule has 7 aromatic rings. The second-order valence-corrected chi connectivity index (χ2v) is 11.1. The SMILES string of the molecule is O=C(CSc1nnc(-c2ccco2)n1-c1ccccc1)Nc1cccc(C(=O)Nc2ccc3c(Oc4ccccc4)ncnc3c2)c1. The number of hydrogen-bond acceptors (Lipinski definition) is 9. The molecule has 0 atom stereocenters. The molecule has 2 N–H and O–H groups in total. The van der Waals surface area contributed by atoms with Gasteiger partial charge in [0.25, 0.3) is 5.91 Å². The monoisotopic (exact) mass is 639 g/mol. The molecule has 3 heterocycles. The number of nitrogens with zero attached hydrogens (tertiary/aromatic N) is 5. The standard InChI is InChI=1S/C35H25N7O4S/c43-31(21-47-35-41-40-32(30-15-8-18-45-30)42(35)26-11-3-1-4-12-26)38-24-10-7-9-23(19-24)33(44)39-25-16-17-28-29(20-25)36-22-37-34(28)46-27-13-5-2-6-14-27/h1-20,22H,21H2,(H,38,43)(H,39,44). The average molecular weight is 640 g/mol. The molecule has 0 saturated carbocycles. The molecular formula is C35H25N7O4S. The van der Waals surface area contributed by atoms with E-state index >= 15 is 0 Å². The van der Waals surface area contributed by atoms with Gasteiger partial charge in [0, 0.05) is 22.6 Å². The highest BCUT2D eigenvalue weighted by Gasteiger charge is 2.19. The minimum absolute atomic E-state index is 0.0640. The summed E-state index contributed by atoms with van der Waals surface area (Å²) in [6.07, 6.45) is 2.99. The molecule has 12 heteroatoms. The van der Waals surface area contributed by atoms with E-state index in [4.69, 9.17) is 9.15 Å². The summed E-state index contributed by atoms with van der Waals surface area (Å²) in [5, 5.41) is 15.6. The van der Waals surface area contributed by atoms with Gasteiger partial charge in [0.05, 0.1) is 22.9 Å². The zero-order valence-electron chi connectivity index (χ0n) is 24.6. The van der Waals surface area contributed by atoms with E-state index in [1.807, 2.05) is 65.2 Å². The van der Waals surface area contributed by atoms with Crippen molar-refractivity contribution in [1.82, 2.24) is 24.7 Å². The van der Waals surface area contributed by atoms with Gasteiger partial charge in [-0.25, -0.2) is 9.97 Å². The lowest BCUT2D eigenvalue weighted by atomic mass is 10.1. The number of carbonyl (C=O) groups is 2. The maximum Gasteiger partial charge on any atom is 0.255 e. The predicted molar refractivity (Wildman–Crippen MR) is 179 cm³/mol. The zero-order valence-corrected chi connectivity index (χ0v) is 25.4. The summed E-state index contributed by atoms with van der Waals surface area (Å²) >= 11 is 1.24. The summed E-state index contributed by atoms with van der Waals surface area (Å²) in [4.78, 5) is 34.8. The first kappa shape index (κ1) is 29.4. The minimum atomic E-state index is -0.342. The number of rotatable bonds is 10. The van der Waals surface area contributed by atoms with Gasteiger partial charge < -0.3 is 19.8 Å². The van der Waals surface area contributed by atoms with Gasteiger partial charge in [0.15, 0.2) is 10.9 Å². The number of benzene rings is 4. The number of amides is 2. The molecule has 11 nitrogen and oxygen atoms in total. The molecule has 0 aliphatic carbocycles. The van der Waals surface area contributed by atoms with Crippen LogP contribution in [0.25, 0.3) is 28.2 Å². The third kappa shape index (κ3) is 6.72. The van der Waals surface area contributed by atoms with Crippen LogP contribution in [0.15, 0.2) is 137 Å². The molecule has 0 spiro atoms. The van der Waals surface area contributed by atoms with Crippen LogP contribution in [0.3, 0.4) is 0 Å². The molecule has 230 valence electrons. The first-order valence-electron chi connectivity index (χ1n) is 14.5. The van der Waals surface area contributed by atoms with Crippen LogP contribution in [0.5, 0.6) is 11.6 Å². The maximum atomic E-state index is 13.2. The number of anilines is 2. The Morgan fingerprint density at radius 2 is 1.60 bits per heavy atom. The summed E-state index contributed by atoms with van der Waals surface area (Å²) in [6, 6.07) is 34.6. The van der Waals surface area contributed by atoms with Crippen molar-refractivity contribution < 1.29 is 18.7 Å². The van der Waals surface area contributed by atoms with Gasteiger partial charge >= 0.3 is 0 Å². The fraction of sp³-hybridized carbons (Fsp3) is 0.0286. The number of fused-ring (bicyclic) bond motifs is 1. The molecule has 0 fully saturated rings. The number of furan rings is 1. The molecule has 7 rings (SSSR count). The molecule has 3 aromatic heterocycles. The largest absolute Gasteiger partial charge is 0.461 e. The van der Waals surface area contributed by atoms with Crippen molar-refractivity contribution in [3.05, 3.63) is 133 Å².